The molecule has 0 aliphatic rings. The Hall–Kier alpha value is -1.35. The van der Waals surface area contributed by atoms with Crippen LogP contribution in [0.15, 0.2) is 24.3 Å². The van der Waals surface area contributed by atoms with Crippen LogP contribution in [0.4, 0.5) is 5.69 Å². The van der Waals surface area contributed by atoms with Gasteiger partial charge in [0.1, 0.15) is 0 Å². The second-order valence-corrected chi connectivity index (χ2v) is 13.2. The summed E-state index contributed by atoms with van der Waals surface area (Å²) in [6, 6.07) is 5.96. The summed E-state index contributed by atoms with van der Waals surface area (Å²) in [5.41, 5.74) is 0.590. The smallest absolute Gasteiger partial charge is 0.356 e. The van der Waals surface area contributed by atoms with Crippen molar-refractivity contribution in [3.63, 3.8) is 0 Å². The number of carbonyl (C=O) groups is 1. The molecular formula is C15H26N2O16P4. The van der Waals surface area contributed by atoms with Crippen molar-refractivity contribution in [2.24, 2.45) is 0 Å². The predicted molar refractivity (Wildman–Crippen MR) is 124 cm³/mol. The lowest BCUT2D eigenvalue weighted by Gasteiger charge is -2.18. The molecule has 3 atom stereocenters. The van der Waals surface area contributed by atoms with Crippen LogP contribution in [-0.4, -0.2) is 48.4 Å². The number of hydrogen-bond acceptors (Lipinski definition) is 11. The number of non-ortho nitro benzene ring substituents is 1. The Labute approximate surface area is 210 Å². The summed E-state index contributed by atoms with van der Waals surface area (Å²) in [4.78, 5) is 66.6. The molecule has 0 radical (unpaired) electrons. The molecule has 212 valence electrons. The van der Waals surface area contributed by atoms with Crippen molar-refractivity contribution >= 4 is 42.9 Å². The maximum Gasteiger partial charge on any atom is 0.490 e. The molecule has 1 aromatic carbocycles. The average Bonchev–Trinajstić information content (AvgIpc) is 2.70. The van der Waals surface area contributed by atoms with E-state index in [0.29, 0.717) is 37.8 Å². The van der Waals surface area contributed by atoms with Crippen molar-refractivity contribution in [2.75, 3.05) is 13.2 Å². The minimum Gasteiger partial charge on any atom is -0.356 e. The molecule has 37 heavy (non-hydrogen) atoms. The van der Waals surface area contributed by atoms with Crippen LogP contribution in [0.1, 0.15) is 37.7 Å². The van der Waals surface area contributed by atoms with Crippen LogP contribution >= 0.6 is 31.3 Å². The summed E-state index contributed by atoms with van der Waals surface area (Å²) < 4.78 is 59.9. The van der Waals surface area contributed by atoms with Crippen molar-refractivity contribution in [1.82, 2.24) is 5.32 Å². The topological polar surface area (TPSA) is 279 Å². The Bertz CT molecular complexity index is 1120. The summed E-state index contributed by atoms with van der Waals surface area (Å²) in [6.45, 7) is -0.113. The van der Waals surface area contributed by atoms with E-state index in [1.807, 2.05) is 0 Å². The maximum atomic E-state index is 11.9. The van der Waals surface area contributed by atoms with E-state index in [9.17, 15) is 43.0 Å². The van der Waals surface area contributed by atoms with Gasteiger partial charge in [0, 0.05) is 25.1 Å². The minimum atomic E-state index is -5.85. The van der Waals surface area contributed by atoms with Crippen LogP contribution < -0.4 is 5.32 Å². The fourth-order valence-corrected chi connectivity index (χ4v) is 7.09. The maximum absolute atomic E-state index is 11.9. The summed E-state index contributed by atoms with van der Waals surface area (Å²) >= 11 is 0. The first kappa shape index (κ1) is 33.7. The molecule has 0 saturated carbocycles. The molecule has 0 aliphatic carbocycles. The van der Waals surface area contributed by atoms with Crippen molar-refractivity contribution in [3.05, 3.63) is 39.9 Å². The first-order chi connectivity index (χ1) is 16.9. The lowest BCUT2D eigenvalue weighted by Crippen LogP contribution is -2.24. The van der Waals surface area contributed by atoms with Gasteiger partial charge in [-0.3, -0.25) is 19.4 Å². The van der Waals surface area contributed by atoms with Crippen LogP contribution in [0.2, 0.25) is 0 Å². The second-order valence-electron chi connectivity index (χ2n) is 7.17. The van der Waals surface area contributed by atoms with Gasteiger partial charge >= 0.3 is 31.3 Å². The lowest BCUT2D eigenvalue weighted by atomic mass is 10.1. The summed E-state index contributed by atoms with van der Waals surface area (Å²) in [5, 5.41) is 13.4. The molecule has 0 bridgehead atoms. The van der Waals surface area contributed by atoms with Crippen molar-refractivity contribution in [1.29, 1.82) is 0 Å². The Morgan fingerprint density at radius 3 is 2.11 bits per heavy atom. The molecule has 0 heterocycles. The third-order valence-electron chi connectivity index (χ3n) is 4.03. The third kappa shape index (κ3) is 16.3. The van der Waals surface area contributed by atoms with Gasteiger partial charge < -0.3 is 29.8 Å². The van der Waals surface area contributed by atoms with Crippen LogP contribution in [0.3, 0.4) is 0 Å². The monoisotopic (exact) mass is 614 g/mol. The number of rotatable bonds is 18. The van der Waals surface area contributed by atoms with E-state index in [1.54, 1.807) is 6.07 Å². The summed E-state index contributed by atoms with van der Waals surface area (Å²) in [6.07, 6.45) is 2.17. The van der Waals surface area contributed by atoms with E-state index < -0.39 is 42.8 Å². The Morgan fingerprint density at radius 2 is 1.49 bits per heavy atom. The van der Waals surface area contributed by atoms with Gasteiger partial charge in [-0.15, -0.1) is 0 Å². The largest absolute Gasteiger partial charge is 0.490 e. The summed E-state index contributed by atoms with van der Waals surface area (Å²) in [7, 11) is -22.6. The molecule has 1 rings (SSSR count). The molecule has 0 spiro atoms. The average molecular weight is 614 g/mol. The SMILES string of the molecule is O=C(CCc1cccc([N+](=O)[O-])c1)NCCCCCCOP(=O)(O)OP(=O)(O)OP(=O)(O)OP(=O)(O)O. The Morgan fingerprint density at radius 1 is 0.892 bits per heavy atom. The number of benzene rings is 1. The number of aryl methyl sites for hydroxylation is 1. The van der Waals surface area contributed by atoms with E-state index in [4.69, 9.17) is 14.7 Å². The Kier molecular flexibility index (Phi) is 13.4. The molecule has 1 amide bonds. The fourth-order valence-electron chi connectivity index (χ4n) is 2.61. The summed E-state index contributed by atoms with van der Waals surface area (Å²) in [5.74, 6) is -0.248. The molecule has 18 nitrogen and oxygen atoms in total. The molecule has 0 aromatic heterocycles. The van der Waals surface area contributed by atoms with Gasteiger partial charge in [0.25, 0.3) is 5.69 Å². The van der Waals surface area contributed by atoms with Crippen LogP contribution in [0, 0.1) is 10.1 Å². The Balaban J connectivity index is 2.23. The van der Waals surface area contributed by atoms with Gasteiger partial charge in [0.15, 0.2) is 0 Å². The highest BCUT2D eigenvalue weighted by Gasteiger charge is 2.44. The first-order valence-corrected chi connectivity index (χ1v) is 16.2. The molecular weight excluding hydrogens is 588 g/mol. The molecule has 6 N–H and O–H groups in total. The number of unbranched alkanes of at least 4 members (excludes halogenated alkanes) is 3. The number of carbonyl (C=O) groups excluding carboxylic acids is 1. The van der Waals surface area contributed by atoms with Crippen LogP contribution in [0.5, 0.6) is 0 Å². The van der Waals surface area contributed by atoms with Gasteiger partial charge in [-0.25, -0.2) is 18.3 Å². The van der Waals surface area contributed by atoms with Gasteiger partial charge in [0.2, 0.25) is 5.91 Å². The van der Waals surface area contributed by atoms with Gasteiger partial charge in [0.05, 0.1) is 11.5 Å². The highest BCUT2D eigenvalue weighted by molar-refractivity contribution is 7.69. The number of hydrogen-bond donors (Lipinski definition) is 6. The molecule has 22 heteroatoms. The van der Waals surface area contributed by atoms with Crippen LogP contribution in [-0.2, 0) is 46.9 Å². The van der Waals surface area contributed by atoms with E-state index in [0.717, 1.165) is 0 Å². The minimum absolute atomic E-state index is 0.0616. The zero-order valence-electron chi connectivity index (χ0n) is 18.9. The molecule has 3 unspecified atom stereocenters. The van der Waals surface area contributed by atoms with E-state index in [1.165, 1.54) is 18.2 Å². The number of phosphoric ester groups is 1. The quantitative estimate of drug-likeness (QED) is 0.0600. The second kappa shape index (κ2) is 14.7. The molecule has 0 saturated heterocycles. The highest BCUT2D eigenvalue weighted by atomic mass is 31.3. The van der Waals surface area contributed by atoms with Crippen molar-refractivity contribution < 1.29 is 69.9 Å². The van der Waals surface area contributed by atoms with Crippen molar-refractivity contribution in [2.45, 2.75) is 38.5 Å². The fraction of sp³-hybridized carbons (Fsp3) is 0.533. The zero-order valence-corrected chi connectivity index (χ0v) is 22.5. The molecule has 1 aromatic rings. The van der Waals surface area contributed by atoms with Gasteiger partial charge in [-0.05, 0) is 24.8 Å². The molecule has 0 fully saturated rings. The normalized spacial score (nSPS) is 16.8. The predicted octanol–water partition coefficient (Wildman–Crippen LogP) is 2.66. The van der Waals surface area contributed by atoms with E-state index >= 15 is 0 Å². The van der Waals surface area contributed by atoms with Gasteiger partial charge in [-0.2, -0.15) is 12.9 Å². The number of nitro benzene ring substituents is 1. The molecule has 0 aliphatic heterocycles. The number of nitrogens with one attached hydrogen (secondary N) is 1. The zero-order chi connectivity index (χ0) is 28.3. The van der Waals surface area contributed by atoms with Crippen LogP contribution in [0.25, 0.3) is 0 Å². The first-order valence-electron chi connectivity index (χ1n) is 10.2. The third-order valence-corrected chi connectivity index (χ3v) is 9.52. The lowest BCUT2D eigenvalue weighted by molar-refractivity contribution is -0.384. The number of amides is 1. The van der Waals surface area contributed by atoms with Crippen molar-refractivity contribution in [3.8, 4) is 0 Å². The van der Waals surface area contributed by atoms with E-state index in [2.05, 4.69) is 22.8 Å². The van der Waals surface area contributed by atoms with E-state index in [-0.39, 0.29) is 24.4 Å². The standard InChI is InChI=1S/C15H26N2O16P4/c18-15(9-8-13-6-5-7-14(12-13)17(19)20)16-10-3-1-2-4-11-30-35(24,25)32-37(28,29)33-36(26,27)31-34(21,22)23/h5-7,12H,1-4,8-11H2,(H,16,18)(H,24,25)(H,26,27)(H,28,29)(H2,21,22,23). The number of nitrogens with zero attached hydrogens (tertiary/aromatic N) is 1. The number of nitro groups is 1. The van der Waals surface area contributed by atoms with Gasteiger partial charge in [-0.1, -0.05) is 25.0 Å². The number of phosphoric acid groups is 4. The highest BCUT2D eigenvalue weighted by Crippen LogP contribution is 2.70.